The van der Waals surface area contributed by atoms with Crippen molar-refractivity contribution >= 4 is 39.1 Å². The molecule has 0 atom stereocenters. The molecule has 0 unspecified atom stereocenters. The van der Waals surface area contributed by atoms with E-state index in [1.54, 1.807) is 24.3 Å². The fraction of sp³-hybridized carbons (Fsp3) is 0.286. The predicted octanol–water partition coefficient (Wildman–Crippen LogP) is 4.35. The Bertz CT molecular complexity index is 1230. The van der Waals surface area contributed by atoms with Gasteiger partial charge >= 0.3 is 0 Å². The molecule has 0 aliphatic carbocycles. The van der Waals surface area contributed by atoms with Gasteiger partial charge in [-0.2, -0.15) is 0 Å². The standard InChI is InChI=1S/C21H22Cl2N4O4S/c1-4-11-27(13-19-24-25-20(31-19)15-7-5-6-8-17(15)22)21(28)16-12-14(9-10-18(16)23)32(29,30)26(2)3/h5-10,12H,4,11,13H2,1-3H3. The van der Waals surface area contributed by atoms with Crippen LogP contribution in [0.1, 0.15) is 29.6 Å². The Morgan fingerprint density at radius 3 is 2.44 bits per heavy atom. The van der Waals surface area contributed by atoms with Crippen molar-refractivity contribution in [3.63, 3.8) is 0 Å². The first-order valence-electron chi connectivity index (χ1n) is 9.73. The van der Waals surface area contributed by atoms with Gasteiger partial charge in [0, 0.05) is 20.6 Å². The summed E-state index contributed by atoms with van der Waals surface area (Å²) in [5.74, 6) is 0.0201. The van der Waals surface area contributed by atoms with Crippen molar-refractivity contribution in [2.24, 2.45) is 0 Å². The smallest absolute Gasteiger partial charge is 0.255 e. The lowest BCUT2D eigenvalue weighted by Gasteiger charge is -2.21. The summed E-state index contributed by atoms with van der Waals surface area (Å²) in [5, 5.41) is 8.67. The topological polar surface area (TPSA) is 96.6 Å². The summed E-state index contributed by atoms with van der Waals surface area (Å²) in [5.41, 5.74) is 0.666. The van der Waals surface area contributed by atoms with Crippen molar-refractivity contribution in [2.45, 2.75) is 24.8 Å². The fourth-order valence-electron chi connectivity index (χ4n) is 2.96. The summed E-state index contributed by atoms with van der Waals surface area (Å²) < 4.78 is 31.8. The molecule has 11 heteroatoms. The third-order valence-electron chi connectivity index (χ3n) is 4.62. The normalized spacial score (nSPS) is 11.7. The molecule has 0 aliphatic rings. The van der Waals surface area contributed by atoms with Gasteiger partial charge in [0.05, 0.1) is 32.6 Å². The Hall–Kier alpha value is -2.46. The van der Waals surface area contributed by atoms with Crippen LogP contribution in [-0.4, -0.2) is 54.4 Å². The molecule has 0 aliphatic heterocycles. The van der Waals surface area contributed by atoms with Crippen molar-refractivity contribution in [1.82, 2.24) is 19.4 Å². The maximum Gasteiger partial charge on any atom is 0.255 e. The van der Waals surface area contributed by atoms with Crippen molar-refractivity contribution < 1.29 is 17.6 Å². The first-order valence-corrected chi connectivity index (χ1v) is 11.9. The second-order valence-electron chi connectivity index (χ2n) is 7.14. The van der Waals surface area contributed by atoms with Crippen LogP contribution in [0.25, 0.3) is 11.5 Å². The first-order chi connectivity index (χ1) is 15.1. The highest BCUT2D eigenvalue weighted by Gasteiger charge is 2.25. The van der Waals surface area contributed by atoms with Crippen molar-refractivity contribution in [1.29, 1.82) is 0 Å². The highest BCUT2D eigenvalue weighted by atomic mass is 35.5. The number of nitrogens with zero attached hydrogens (tertiary/aromatic N) is 4. The van der Waals surface area contributed by atoms with Crippen LogP contribution in [0.4, 0.5) is 0 Å². The number of carbonyl (C=O) groups excluding carboxylic acids is 1. The number of carbonyl (C=O) groups is 1. The van der Waals surface area contributed by atoms with Gasteiger partial charge in [-0.3, -0.25) is 4.79 Å². The van der Waals surface area contributed by atoms with Crippen LogP contribution in [0.3, 0.4) is 0 Å². The van der Waals surface area contributed by atoms with E-state index in [0.717, 1.165) is 4.31 Å². The number of rotatable bonds is 8. The van der Waals surface area contributed by atoms with E-state index in [1.807, 2.05) is 6.92 Å². The van der Waals surface area contributed by atoms with E-state index >= 15 is 0 Å². The third-order valence-corrected chi connectivity index (χ3v) is 7.10. The Kier molecular flexibility index (Phi) is 7.55. The molecule has 8 nitrogen and oxygen atoms in total. The minimum Gasteiger partial charge on any atom is -0.419 e. The molecule has 0 radical (unpaired) electrons. The zero-order valence-corrected chi connectivity index (χ0v) is 20.1. The van der Waals surface area contributed by atoms with E-state index in [2.05, 4.69) is 10.2 Å². The molecule has 1 aromatic heterocycles. The van der Waals surface area contributed by atoms with Crippen molar-refractivity contribution in [3.05, 3.63) is 64.0 Å². The Morgan fingerprint density at radius 1 is 1.06 bits per heavy atom. The van der Waals surface area contributed by atoms with E-state index in [1.165, 1.54) is 37.2 Å². The summed E-state index contributed by atoms with van der Waals surface area (Å²) in [4.78, 5) is 14.7. The van der Waals surface area contributed by atoms with Gasteiger partial charge in [-0.25, -0.2) is 12.7 Å². The molecular formula is C21H22Cl2N4O4S. The Balaban J connectivity index is 1.90. The van der Waals surface area contributed by atoms with Gasteiger partial charge < -0.3 is 9.32 Å². The molecule has 0 fully saturated rings. The number of benzene rings is 2. The zero-order chi connectivity index (χ0) is 23.5. The largest absolute Gasteiger partial charge is 0.419 e. The molecule has 0 saturated carbocycles. The van der Waals surface area contributed by atoms with Crippen molar-refractivity contribution in [2.75, 3.05) is 20.6 Å². The maximum absolute atomic E-state index is 13.3. The average Bonchev–Trinajstić information content (AvgIpc) is 3.21. The van der Waals surface area contributed by atoms with Gasteiger partial charge in [-0.15, -0.1) is 10.2 Å². The highest BCUT2D eigenvalue weighted by Crippen LogP contribution is 2.27. The number of halogens is 2. The van der Waals surface area contributed by atoms with Gasteiger partial charge in [0.25, 0.3) is 5.91 Å². The number of hydrogen-bond donors (Lipinski definition) is 0. The minimum atomic E-state index is -3.73. The second kappa shape index (κ2) is 9.99. The molecule has 2 aromatic carbocycles. The average molecular weight is 497 g/mol. The summed E-state index contributed by atoms with van der Waals surface area (Å²) in [7, 11) is -0.892. The lowest BCUT2D eigenvalue weighted by molar-refractivity contribution is 0.0728. The molecule has 0 bridgehead atoms. The third kappa shape index (κ3) is 5.12. The van der Waals surface area contributed by atoms with Crippen LogP contribution in [0.15, 0.2) is 51.8 Å². The van der Waals surface area contributed by atoms with Crippen LogP contribution in [-0.2, 0) is 16.6 Å². The van der Waals surface area contributed by atoms with Crippen LogP contribution >= 0.6 is 23.2 Å². The van der Waals surface area contributed by atoms with Gasteiger partial charge in [-0.1, -0.05) is 42.3 Å². The molecule has 3 rings (SSSR count). The minimum absolute atomic E-state index is 0.0227. The molecule has 170 valence electrons. The molecule has 0 N–H and O–H groups in total. The predicted molar refractivity (Wildman–Crippen MR) is 122 cm³/mol. The summed E-state index contributed by atoms with van der Waals surface area (Å²) in [6, 6.07) is 11.1. The lowest BCUT2D eigenvalue weighted by Crippen LogP contribution is -2.32. The number of amides is 1. The van der Waals surface area contributed by atoms with E-state index < -0.39 is 15.9 Å². The fourth-order valence-corrected chi connectivity index (χ4v) is 4.30. The molecule has 1 amide bonds. The van der Waals surface area contributed by atoms with Crippen LogP contribution in [0.2, 0.25) is 10.0 Å². The van der Waals surface area contributed by atoms with E-state index in [9.17, 15) is 13.2 Å². The van der Waals surface area contributed by atoms with Gasteiger partial charge in [0.2, 0.25) is 21.8 Å². The molecule has 3 aromatic rings. The second-order valence-corrected chi connectivity index (χ2v) is 10.1. The Labute approximate surface area is 196 Å². The maximum atomic E-state index is 13.3. The molecule has 32 heavy (non-hydrogen) atoms. The quantitative estimate of drug-likeness (QED) is 0.459. The zero-order valence-electron chi connectivity index (χ0n) is 17.7. The number of hydrogen-bond acceptors (Lipinski definition) is 6. The summed E-state index contributed by atoms with van der Waals surface area (Å²) in [6.45, 7) is 2.33. The van der Waals surface area contributed by atoms with Gasteiger partial charge in [-0.05, 0) is 36.8 Å². The molecule has 0 spiro atoms. The summed E-state index contributed by atoms with van der Waals surface area (Å²) >= 11 is 12.4. The molecular weight excluding hydrogens is 475 g/mol. The van der Waals surface area contributed by atoms with Gasteiger partial charge in [0.1, 0.15) is 0 Å². The monoisotopic (exact) mass is 496 g/mol. The van der Waals surface area contributed by atoms with Crippen LogP contribution in [0.5, 0.6) is 0 Å². The highest BCUT2D eigenvalue weighted by molar-refractivity contribution is 7.89. The van der Waals surface area contributed by atoms with Crippen molar-refractivity contribution in [3.8, 4) is 11.5 Å². The SMILES string of the molecule is CCCN(Cc1nnc(-c2ccccc2Cl)o1)C(=O)c1cc(S(=O)(=O)N(C)C)ccc1Cl. The molecule has 0 saturated heterocycles. The number of sulfonamides is 1. The van der Waals surface area contributed by atoms with E-state index in [0.29, 0.717) is 23.6 Å². The molecule has 1 heterocycles. The first kappa shape index (κ1) is 24.2. The number of aromatic nitrogens is 2. The van der Waals surface area contributed by atoms with Crippen LogP contribution in [0, 0.1) is 0 Å². The Morgan fingerprint density at radius 2 is 1.78 bits per heavy atom. The van der Waals surface area contributed by atoms with Gasteiger partial charge in [0.15, 0.2) is 0 Å². The summed E-state index contributed by atoms with van der Waals surface area (Å²) in [6.07, 6.45) is 0.657. The van der Waals surface area contributed by atoms with Crippen LogP contribution < -0.4 is 0 Å². The lowest BCUT2D eigenvalue weighted by atomic mass is 10.2. The van der Waals surface area contributed by atoms with E-state index in [4.69, 9.17) is 27.6 Å². The van der Waals surface area contributed by atoms with E-state index in [-0.39, 0.29) is 33.8 Å².